The van der Waals surface area contributed by atoms with E-state index in [9.17, 15) is 8.42 Å². The smallest absolute Gasteiger partial charge is 0.243 e. The van der Waals surface area contributed by atoms with Gasteiger partial charge >= 0.3 is 0 Å². The standard InChI is InChI=1S/C19H25N3O2S/c1-3-16(2)17-4-6-19(7-5-17)25(23,24)22-14-12-21(13-15-22)18-8-10-20-11-9-18/h4-11,16H,3,12-15H2,1-2H3. The van der Waals surface area contributed by atoms with Gasteiger partial charge in [0.25, 0.3) is 0 Å². The number of hydrogen-bond donors (Lipinski definition) is 0. The first kappa shape index (κ1) is 17.9. The summed E-state index contributed by atoms with van der Waals surface area (Å²) in [6.45, 7) is 6.66. The highest BCUT2D eigenvalue weighted by Gasteiger charge is 2.28. The van der Waals surface area contributed by atoms with E-state index in [0.717, 1.165) is 12.1 Å². The quantitative estimate of drug-likeness (QED) is 0.823. The predicted molar refractivity (Wildman–Crippen MR) is 100 cm³/mol. The molecular weight excluding hydrogens is 334 g/mol. The molecule has 6 heteroatoms. The van der Waals surface area contributed by atoms with E-state index in [2.05, 4.69) is 23.7 Å². The molecule has 1 aliphatic heterocycles. The second-order valence-electron chi connectivity index (χ2n) is 6.47. The van der Waals surface area contributed by atoms with Crippen LogP contribution in [0.4, 0.5) is 5.69 Å². The summed E-state index contributed by atoms with van der Waals surface area (Å²) in [5, 5.41) is 0. The Kier molecular flexibility index (Phi) is 5.39. The largest absolute Gasteiger partial charge is 0.369 e. The number of aromatic nitrogens is 1. The SMILES string of the molecule is CCC(C)c1ccc(S(=O)(=O)N2CCN(c3ccncc3)CC2)cc1. The van der Waals surface area contributed by atoms with E-state index in [0.29, 0.717) is 37.0 Å². The van der Waals surface area contributed by atoms with E-state index in [1.807, 2.05) is 24.3 Å². The van der Waals surface area contributed by atoms with Gasteiger partial charge in [0.05, 0.1) is 4.90 Å². The Morgan fingerprint density at radius 3 is 2.16 bits per heavy atom. The van der Waals surface area contributed by atoms with Gasteiger partial charge in [-0.15, -0.1) is 0 Å². The highest BCUT2D eigenvalue weighted by atomic mass is 32.2. The number of hydrogen-bond acceptors (Lipinski definition) is 4. The number of nitrogens with zero attached hydrogens (tertiary/aromatic N) is 3. The van der Waals surface area contributed by atoms with E-state index >= 15 is 0 Å². The van der Waals surface area contributed by atoms with Crippen LogP contribution in [-0.2, 0) is 10.0 Å². The Morgan fingerprint density at radius 2 is 1.60 bits per heavy atom. The highest BCUT2D eigenvalue weighted by Crippen LogP contribution is 2.24. The molecule has 3 rings (SSSR count). The molecule has 0 saturated carbocycles. The van der Waals surface area contributed by atoms with Crippen molar-refractivity contribution in [3.8, 4) is 0 Å². The molecule has 0 amide bonds. The van der Waals surface area contributed by atoms with Gasteiger partial charge in [0.1, 0.15) is 0 Å². The molecule has 0 bridgehead atoms. The number of pyridine rings is 1. The molecule has 2 aromatic rings. The molecule has 134 valence electrons. The highest BCUT2D eigenvalue weighted by molar-refractivity contribution is 7.89. The molecule has 0 N–H and O–H groups in total. The minimum atomic E-state index is -3.42. The van der Waals surface area contributed by atoms with Gasteiger partial charge in [-0.2, -0.15) is 4.31 Å². The monoisotopic (exact) mass is 359 g/mol. The Labute approximate surface area is 150 Å². The maximum absolute atomic E-state index is 12.9. The van der Waals surface area contributed by atoms with Crippen molar-refractivity contribution in [1.82, 2.24) is 9.29 Å². The summed E-state index contributed by atoms with van der Waals surface area (Å²) in [6, 6.07) is 11.3. The molecule has 1 saturated heterocycles. The van der Waals surface area contributed by atoms with Crippen LogP contribution in [0.5, 0.6) is 0 Å². The average molecular weight is 359 g/mol. The summed E-state index contributed by atoms with van der Waals surface area (Å²) < 4.78 is 27.3. The van der Waals surface area contributed by atoms with E-state index < -0.39 is 10.0 Å². The van der Waals surface area contributed by atoms with Gasteiger partial charge in [0.15, 0.2) is 0 Å². The number of piperazine rings is 1. The number of benzene rings is 1. The van der Waals surface area contributed by atoms with E-state index in [1.165, 1.54) is 5.56 Å². The molecule has 5 nitrogen and oxygen atoms in total. The maximum atomic E-state index is 12.9. The molecule has 25 heavy (non-hydrogen) atoms. The van der Waals surface area contributed by atoms with Crippen LogP contribution < -0.4 is 4.90 Å². The minimum Gasteiger partial charge on any atom is -0.369 e. The predicted octanol–water partition coefficient (Wildman–Crippen LogP) is 3.11. The number of anilines is 1. The third-order valence-corrected chi connectivity index (χ3v) is 6.88. The zero-order valence-electron chi connectivity index (χ0n) is 14.8. The molecule has 0 radical (unpaired) electrons. The summed E-state index contributed by atoms with van der Waals surface area (Å²) >= 11 is 0. The molecule has 1 aromatic carbocycles. The lowest BCUT2D eigenvalue weighted by atomic mass is 9.99. The van der Waals surface area contributed by atoms with Crippen molar-refractivity contribution in [3.05, 3.63) is 54.4 Å². The van der Waals surface area contributed by atoms with Crippen molar-refractivity contribution in [2.45, 2.75) is 31.1 Å². The van der Waals surface area contributed by atoms with Gasteiger partial charge in [0.2, 0.25) is 10.0 Å². The topological polar surface area (TPSA) is 53.5 Å². The van der Waals surface area contributed by atoms with Crippen molar-refractivity contribution < 1.29 is 8.42 Å². The fourth-order valence-corrected chi connectivity index (χ4v) is 4.52. The van der Waals surface area contributed by atoms with Crippen LogP contribution in [0.2, 0.25) is 0 Å². The van der Waals surface area contributed by atoms with Gasteiger partial charge in [-0.25, -0.2) is 8.42 Å². The molecule has 2 heterocycles. The fraction of sp³-hybridized carbons (Fsp3) is 0.421. The zero-order valence-corrected chi connectivity index (χ0v) is 15.6. The molecule has 1 aliphatic rings. The fourth-order valence-electron chi connectivity index (χ4n) is 3.09. The van der Waals surface area contributed by atoms with Gasteiger partial charge in [-0.1, -0.05) is 26.0 Å². The summed E-state index contributed by atoms with van der Waals surface area (Å²) in [5.41, 5.74) is 2.27. The van der Waals surface area contributed by atoms with Crippen LogP contribution in [0, 0.1) is 0 Å². The van der Waals surface area contributed by atoms with Crippen LogP contribution >= 0.6 is 0 Å². The first-order chi connectivity index (χ1) is 12.0. The Morgan fingerprint density at radius 1 is 1.00 bits per heavy atom. The number of sulfonamides is 1. The lowest BCUT2D eigenvalue weighted by molar-refractivity contribution is 0.385. The first-order valence-electron chi connectivity index (χ1n) is 8.77. The van der Waals surface area contributed by atoms with Crippen molar-refractivity contribution in [2.24, 2.45) is 0 Å². The Hall–Kier alpha value is -1.92. The van der Waals surface area contributed by atoms with Gasteiger partial charge in [0, 0.05) is 44.3 Å². The Bertz CT molecular complexity index is 783. The van der Waals surface area contributed by atoms with E-state index in [-0.39, 0.29) is 0 Å². The van der Waals surface area contributed by atoms with Gasteiger partial charge in [-0.3, -0.25) is 4.98 Å². The summed E-state index contributed by atoms with van der Waals surface area (Å²) in [6.07, 6.45) is 4.57. The summed E-state index contributed by atoms with van der Waals surface area (Å²) in [4.78, 5) is 6.61. The number of rotatable bonds is 5. The minimum absolute atomic E-state index is 0.386. The Balaban J connectivity index is 1.69. The molecule has 0 spiro atoms. The molecule has 1 aromatic heterocycles. The lowest BCUT2D eigenvalue weighted by Gasteiger charge is -2.35. The second-order valence-corrected chi connectivity index (χ2v) is 8.41. The maximum Gasteiger partial charge on any atom is 0.243 e. The lowest BCUT2D eigenvalue weighted by Crippen LogP contribution is -2.48. The molecule has 1 fully saturated rings. The summed E-state index contributed by atoms with van der Waals surface area (Å²) in [7, 11) is -3.42. The van der Waals surface area contributed by atoms with Crippen LogP contribution in [0.1, 0.15) is 31.7 Å². The van der Waals surface area contributed by atoms with Crippen molar-refractivity contribution in [1.29, 1.82) is 0 Å². The van der Waals surface area contributed by atoms with Crippen LogP contribution in [0.3, 0.4) is 0 Å². The normalized spacial score (nSPS) is 17.4. The van der Waals surface area contributed by atoms with Crippen LogP contribution in [0.25, 0.3) is 0 Å². The average Bonchev–Trinajstić information content (AvgIpc) is 2.68. The molecule has 1 unspecified atom stereocenters. The third-order valence-electron chi connectivity index (χ3n) is 4.97. The molecule has 1 atom stereocenters. The molecular formula is C19H25N3O2S. The van der Waals surface area contributed by atoms with Gasteiger partial charge in [-0.05, 0) is 42.2 Å². The van der Waals surface area contributed by atoms with Crippen LogP contribution in [-0.4, -0.2) is 43.9 Å². The van der Waals surface area contributed by atoms with Gasteiger partial charge < -0.3 is 4.90 Å². The second kappa shape index (κ2) is 7.54. The van der Waals surface area contributed by atoms with E-state index in [4.69, 9.17) is 0 Å². The summed E-state index contributed by atoms with van der Waals surface area (Å²) in [5.74, 6) is 0.445. The van der Waals surface area contributed by atoms with Crippen molar-refractivity contribution in [3.63, 3.8) is 0 Å². The first-order valence-corrected chi connectivity index (χ1v) is 10.2. The molecule has 0 aliphatic carbocycles. The van der Waals surface area contributed by atoms with Crippen molar-refractivity contribution in [2.75, 3.05) is 31.1 Å². The van der Waals surface area contributed by atoms with Crippen LogP contribution in [0.15, 0.2) is 53.7 Å². The zero-order chi connectivity index (χ0) is 17.9. The van der Waals surface area contributed by atoms with Crippen molar-refractivity contribution >= 4 is 15.7 Å². The third kappa shape index (κ3) is 3.85. The van der Waals surface area contributed by atoms with E-state index in [1.54, 1.807) is 28.8 Å².